The lowest BCUT2D eigenvalue weighted by Gasteiger charge is -2.33. The van der Waals surface area contributed by atoms with Crippen LogP contribution in [-0.4, -0.2) is 23.9 Å². The molecule has 5 rings (SSSR count). The number of hydrogen-bond donors (Lipinski definition) is 0. The van der Waals surface area contributed by atoms with Gasteiger partial charge in [-0.05, 0) is 91.6 Å². The number of anilines is 1. The van der Waals surface area contributed by atoms with Crippen molar-refractivity contribution < 1.29 is 18.0 Å². The second kappa shape index (κ2) is 8.22. The molecule has 0 bridgehead atoms. The second-order valence-corrected chi connectivity index (χ2v) is 9.76. The Hall–Kier alpha value is -2.34. The van der Waals surface area contributed by atoms with Gasteiger partial charge in [0.25, 0.3) is 5.91 Å². The topological polar surface area (TPSA) is 23.6 Å². The van der Waals surface area contributed by atoms with Crippen LogP contribution in [0.5, 0.6) is 0 Å². The van der Waals surface area contributed by atoms with E-state index in [-0.39, 0.29) is 23.6 Å². The van der Waals surface area contributed by atoms with Gasteiger partial charge in [0.1, 0.15) is 0 Å². The summed E-state index contributed by atoms with van der Waals surface area (Å²) >= 11 is 0. The minimum Gasteiger partial charge on any atom is -0.304 e. The largest absolute Gasteiger partial charge is 0.416 e. The van der Waals surface area contributed by atoms with Gasteiger partial charge in [-0.3, -0.25) is 9.69 Å². The van der Waals surface area contributed by atoms with Crippen LogP contribution in [0, 0.1) is 5.92 Å². The number of hydrogen-bond acceptors (Lipinski definition) is 2. The standard InChI is InChI=1S/C26H29F3N2O/c1-17-10-20(11-17)19-6-5-7-21(14-19)31-16-23-22(25(31)32)12-18(13-24(23)26(27,28)29)15-30-8-3-2-4-9-30/h5-7,12-14,17,20H,2-4,8-11,15-16H2,1H3. The van der Waals surface area contributed by atoms with Crippen LogP contribution in [-0.2, 0) is 19.3 Å². The third-order valence-corrected chi connectivity index (χ3v) is 7.29. The summed E-state index contributed by atoms with van der Waals surface area (Å²) in [7, 11) is 0. The number of likely N-dealkylation sites (tertiary alicyclic amines) is 1. The van der Waals surface area contributed by atoms with Crippen molar-refractivity contribution in [1.29, 1.82) is 0 Å². The van der Waals surface area contributed by atoms with Crippen LogP contribution in [0.2, 0.25) is 0 Å². The van der Waals surface area contributed by atoms with Gasteiger partial charge in [-0.15, -0.1) is 0 Å². The summed E-state index contributed by atoms with van der Waals surface area (Å²) < 4.78 is 41.9. The highest BCUT2D eigenvalue weighted by molar-refractivity contribution is 6.10. The molecule has 2 aromatic rings. The molecular formula is C26H29F3N2O. The maximum Gasteiger partial charge on any atom is 0.416 e. The monoisotopic (exact) mass is 442 g/mol. The molecule has 0 unspecified atom stereocenters. The van der Waals surface area contributed by atoms with Crippen molar-refractivity contribution in [2.45, 2.75) is 64.2 Å². The Kier molecular flexibility index (Phi) is 5.52. The normalized spacial score (nSPS) is 23.9. The van der Waals surface area contributed by atoms with Crippen LogP contribution in [0.1, 0.15) is 77.6 Å². The zero-order valence-corrected chi connectivity index (χ0v) is 18.4. The molecule has 1 saturated carbocycles. The average molecular weight is 443 g/mol. The first-order valence-corrected chi connectivity index (χ1v) is 11.7. The van der Waals surface area contributed by atoms with E-state index in [1.807, 2.05) is 18.2 Å². The molecule has 170 valence electrons. The minimum atomic E-state index is -4.48. The Morgan fingerprint density at radius 3 is 2.47 bits per heavy atom. The lowest BCUT2D eigenvalue weighted by molar-refractivity contribution is -0.138. The highest BCUT2D eigenvalue weighted by Crippen LogP contribution is 2.43. The van der Waals surface area contributed by atoms with Gasteiger partial charge >= 0.3 is 6.18 Å². The predicted molar refractivity (Wildman–Crippen MR) is 119 cm³/mol. The molecule has 0 spiro atoms. The van der Waals surface area contributed by atoms with Gasteiger partial charge < -0.3 is 4.90 Å². The van der Waals surface area contributed by atoms with Crippen LogP contribution in [0.25, 0.3) is 0 Å². The second-order valence-electron chi connectivity index (χ2n) is 9.76. The molecule has 2 aromatic carbocycles. The number of halogens is 3. The molecule has 0 radical (unpaired) electrons. The molecule has 2 aliphatic heterocycles. The van der Waals surface area contributed by atoms with Crippen molar-refractivity contribution >= 4 is 11.6 Å². The van der Waals surface area contributed by atoms with Gasteiger partial charge in [0.2, 0.25) is 0 Å². The third-order valence-electron chi connectivity index (χ3n) is 7.29. The molecule has 1 aliphatic carbocycles. The van der Waals surface area contributed by atoms with E-state index in [0.717, 1.165) is 38.8 Å². The van der Waals surface area contributed by atoms with Crippen LogP contribution in [0.3, 0.4) is 0 Å². The number of piperidine rings is 1. The van der Waals surface area contributed by atoms with Crippen molar-refractivity contribution in [3.8, 4) is 0 Å². The van der Waals surface area contributed by atoms with Gasteiger partial charge in [0, 0.05) is 17.8 Å². The summed E-state index contributed by atoms with van der Waals surface area (Å²) in [5, 5.41) is 0. The molecule has 2 fully saturated rings. The maximum atomic E-state index is 14.0. The zero-order valence-electron chi connectivity index (χ0n) is 18.4. The summed E-state index contributed by atoms with van der Waals surface area (Å²) in [5.41, 5.74) is 2.08. The summed E-state index contributed by atoms with van der Waals surface area (Å²) in [6.07, 6.45) is 1.06. The van der Waals surface area contributed by atoms with Crippen LogP contribution < -0.4 is 4.90 Å². The van der Waals surface area contributed by atoms with E-state index in [1.165, 1.54) is 23.0 Å². The minimum absolute atomic E-state index is 0.0302. The van der Waals surface area contributed by atoms with E-state index < -0.39 is 11.7 Å². The Morgan fingerprint density at radius 1 is 1.03 bits per heavy atom. The van der Waals surface area contributed by atoms with Crippen LogP contribution >= 0.6 is 0 Å². The molecule has 3 aliphatic rings. The van der Waals surface area contributed by atoms with E-state index in [2.05, 4.69) is 17.9 Å². The third kappa shape index (κ3) is 4.05. The summed E-state index contributed by atoms with van der Waals surface area (Å²) in [6, 6.07) is 10.7. The molecule has 0 aromatic heterocycles. The SMILES string of the molecule is CC1CC(c2cccc(N3Cc4c(cc(CN5CCCCC5)cc4C(F)(F)F)C3=O)c2)C1. The first-order valence-electron chi connectivity index (χ1n) is 11.7. The number of carbonyl (C=O) groups excluding carboxylic acids is 1. The smallest absolute Gasteiger partial charge is 0.304 e. The first kappa shape index (κ1) is 21.5. The van der Waals surface area contributed by atoms with Crippen molar-refractivity contribution in [2.24, 2.45) is 5.92 Å². The molecule has 2 heterocycles. The zero-order chi connectivity index (χ0) is 22.5. The summed E-state index contributed by atoms with van der Waals surface area (Å²) in [4.78, 5) is 17.0. The average Bonchev–Trinajstić information content (AvgIpc) is 3.07. The Bertz CT molecular complexity index is 1020. The number of rotatable bonds is 4. The van der Waals surface area contributed by atoms with E-state index in [0.29, 0.717) is 29.6 Å². The molecule has 32 heavy (non-hydrogen) atoms. The fourth-order valence-corrected chi connectivity index (χ4v) is 5.52. The van der Waals surface area contributed by atoms with Crippen molar-refractivity contribution in [3.63, 3.8) is 0 Å². The number of nitrogens with zero attached hydrogens (tertiary/aromatic N) is 2. The van der Waals surface area contributed by atoms with Gasteiger partial charge in [-0.1, -0.05) is 25.5 Å². The van der Waals surface area contributed by atoms with Crippen LogP contribution in [0.4, 0.5) is 18.9 Å². The molecule has 0 atom stereocenters. The molecule has 6 heteroatoms. The maximum absolute atomic E-state index is 14.0. The van der Waals surface area contributed by atoms with Gasteiger partial charge in [0.15, 0.2) is 0 Å². The summed E-state index contributed by atoms with van der Waals surface area (Å²) in [5.74, 6) is 0.853. The number of alkyl halides is 3. The number of benzene rings is 2. The van der Waals surface area contributed by atoms with Gasteiger partial charge in [-0.25, -0.2) is 0 Å². The lowest BCUT2D eigenvalue weighted by atomic mass is 9.72. The lowest BCUT2D eigenvalue weighted by Crippen LogP contribution is -2.29. The molecule has 1 saturated heterocycles. The van der Waals surface area contributed by atoms with Crippen molar-refractivity contribution in [2.75, 3.05) is 18.0 Å². The molecule has 1 amide bonds. The van der Waals surface area contributed by atoms with E-state index in [1.54, 1.807) is 6.07 Å². The number of carbonyl (C=O) groups is 1. The highest BCUT2D eigenvalue weighted by Gasteiger charge is 2.40. The Morgan fingerprint density at radius 2 is 1.78 bits per heavy atom. The van der Waals surface area contributed by atoms with Gasteiger partial charge in [-0.2, -0.15) is 13.2 Å². The van der Waals surface area contributed by atoms with Crippen molar-refractivity contribution in [3.05, 3.63) is 64.2 Å². The Balaban J connectivity index is 1.46. The number of fused-ring (bicyclic) bond motifs is 1. The number of amides is 1. The van der Waals surface area contributed by atoms with E-state index >= 15 is 0 Å². The first-order chi connectivity index (χ1) is 15.3. The van der Waals surface area contributed by atoms with Gasteiger partial charge in [0.05, 0.1) is 12.1 Å². The Labute approximate surface area is 187 Å². The molecule has 0 N–H and O–H groups in total. The van der Waals surface area contributed by atoms with Crippen molar-refractivity contribution in [1.82, 2.24) is 4.90 Å². The fraction of sp³-hybridized carbons (Fsp3) is 0.500. The van der Waals surface area contributed by atoms with E-state index in [4.69, 9.17) is 0 Å². The highest BCUT2D eigenvalue weighted by atomic mass is 19.4. The summed E-state index contributed by atoms with van der Waals surface area (Å²) in [6.45, 7) is 4.44. The quantitative estimate of drug-likeness (QED) is 0.550. The van der Waals surface area contributed by atoms with E-state index in [9.17, 15) is 18.0 Å². The van der Waals surface area contributed by atoms with Crippen LogP contribution in [0.15, 0.2) is 36.4 Å². The predicted octanol–water partition coefficient (Wildman–Crippen LogP) is 6.37. The fourth-order valence-electron chi connectivity index (χ4n) is 5.52. The molecule has 3 nitrogen and oxygen atoms in total. The molecular weight excluding hydrogens is 413 g/mol.